The molecule has 1 aromatic heterocycles. The molecule has 0 bridgehead atoms. The Labute approximate surface area is 103 Å². The highest BCUT2D eigenvalue weighted by atomic mass is 79.9. The maximum Gasteiger partial charge on any atom is 0.270 e. The Morgan fingerprint density at radius 1 is 1.69 bits per heavy atom. The molecule has 0 atom stereocenters. The zero-order chi connectivity index (χ0) is 11.7. The van der Waals surface area contributed by atoms with Crippen molar-refractivity contribution in [2.24, 2.45) is 0 Å². The standard InChI is InChI=1S/C11H15BrN2O2/c1-13(4-5-15)11(16)10-6-8(12)7-14(10)9-2-3-9/h6-7,9,15H,2-5H2,1H3. The van der Waals surface area contributed by atoms with Gasteiger partial charge in [-0.1, -0.05) is 0 Å². The molecule has 0 aliphatic heterocycles. The van der Waals surface area contributed by atoms with Crippen molar-refractivity contribution in [2.75, 3.05) is 20.2 Å². The van der Waals surface area contributed by atoms with E-state index in [9.17, 15) is 4.79 Å². The summed E-state index contributed by atoms with van der Waals surface area (Å²) in [5.41, 5.74) is 0.699. The van der Waals surface area contributed by atoms with Crippen LogP contribution in [0.4, 0.5) is 0 Å². The van der Waals surface area contributed by atoms with Crippen LogP contribution in [0.2, 0.25) is 0 Å². The zero-order valence-electron chi connectivity index (χ0n) is 9.19. The van der Waals surface area contributed by atoms with E-state index >= 15 is 0 Å². The lowest BCUT2D eigenvalue weighted by Gasteiger charge is -2.16. The van der Waals surface area contributed by atoms with Crippen LogP contribution in [-0.4, -0.2) is 40.7 Å². The summed E-state index contributed by atoms with van der Waals surface area (Å²) < 4.78 is 2.96. The second-order valence-electron chi connectivity index (χ2n) is 4.13. The van der Waals surface area contributed by atoms with Gasteiger partial charge < -0.3 is 14.6 Å². The molecule has 1 aromatic rings. The topological polar surface area (TPSA) is 45.5 Å². The number of hydrogen-bond donors (Lipinski definition) is 1. The van der Waals surface area contributed by atoms with Gasteiger partial charge in [-0.05, 0) is 34.8 Å². The van der Waals surface area contributed by atoms with Crippen LogP contribution in [-0.2, 0) is 0 Å². The van der Waals surface area contributed by atoms with Crippen molar-refractivity contribution in [3.8, 4) is 0 Å². The molecule has 0 aromatic carbocycles. The van der Waals surface area contributed by atoms with Crippen LogP contribution in [0.1, 0.15) is 29.4 Å². The van der Waals surface area contributed by atoms with Crippen molar-refractivity contribution in [2.45, 2.75) is 18.9 Å². The van der Waals surface area contributed by atoms with E-state index in [4.69, 9.17) is 5.11 Å². The average Bonchev–Trinajstić information content (AvgIpc) is 3.01. The Hall–Kier alpha value is -0.810. The van der Waals surface area contributed by atoms with Crippen LogP contribution in [0.15, 0.2) is 16.7 Å². The fourth-order valence-corrected chi connectivity index (χ4v) is 2.16. The number of halogens is 1. The van der Waals surface area contributed by atoms with Crippen molar-refractivity contribution in [1.82, 2.24) is 9.47 Å². The third-order valence-electron chi connectivity index (χ3n) is 2.76. The molecule has 4 nitrogen and oxygen atoms in total. The summed E-state index contributed by atoms with van der Waals surface area (Å²) in [6.07, 6.45) is 4.24. The third-order valence-corrected chi connectivity index (χ3v) is 3.19. The van der Waals surface area contributed by atoms with Gasteiger partial charge in [0.2, 0.25) is 0 Å². The summed E-state index contributed by atoms with van der Waals surface area (Å²) in [5, 5.41) is 8.82. The van der Waals surface area contributed by atoms with E-state index in [1.165, 1.54) is 0 Å². The molecule has 1 aliphatic carbocycles. The average molecular weight is 287 g/mol. The molecule has 0 unspecified atom stereocenters. The largest absolute Gasteiger partial charge is 0.395 e. The van der Waals surface area contributed by atoms with E-state index in [0.29, 0.717) is 18.3 Å². The molecule has 0 spiro atoms. The Kier molecular flexibility index (Phi) is 3.35. The number of rotatable bonds is 4. The van der Waals surface area contributed by atoms with Gasteiger partial charge in [-0.25, -0.2) is 0 Å². The van der Waals surface area contributed by atoms with Gasteiger partial charge in [0.25, 0.3) is 5.91 Å². The minimum atomic E-state index is -0.0355. The number of carbonyl (C=O) groups excluding carboxylic acids is 1. The van der Waals surface area contributed by atoms with Gasteiger partial charge >= 0.3 is 0 Å². The highest BCUT2D eigenvalue weighted by molar-refractivity contribution is 9.10. The van der Waals surface area contributed by atoms with Crippen LogP contribution < -0.4 is 0 Å². The molecule has 1 N–H and O–H groups in total. The first-order valence-electron chi connectivity index (χ1n) is 5.37. The minimum Gasteiger partial charge on any atom is -0.395 e. The Morgan fingerprint density at radius 3 is 2.94 bits per heavy atom. The van der Waals surface area contributed by atoms with E-state index in [1.807, 2.05) is 16.8 Å². The molecule has 1 amide bonds. The SMILES string of the molecule is CN(CCO)C(=O)c1cc(Br)cn1C1CC1. The normalized spacial score (nSPS) is 15.2. The third kappa shape index (κ3) is 2.30. The lowest BCUT2D eigenvalue weighted by molar-refractivity contribution is 0.0756. The Bertz CT molecular complexity index is 399. The second-order valence-corrected chi connectivity index (χ2v) is 5.05. The number of carbonyl (C=O) groups is 1. The molecule has 5 heteroatoms. The van der Waals surface area contributed by atoms with Gasteiger partial charge in [0, 0.05) is 30.3 Å². The minimum absolute atomic E-state index is 0.00640. The van der Waals surface area contributed by atoms with Crippen molar-refractivity contribution >= 4 is 21.8 Å². The molecule has 0 saturated heterocycles. The molecule has 16 heavy (non-hydrogen) atoms. The summed E-state index contributed by atoms with van der Waals surface area (Å²) in [6, 6.07) is 2.32. The van der Waals surface area contributed by atoms with E-state index in [2.05, 4.69) is 15.9 Å². The van der Waals surface area contributed by atoms with Crippen molar-refractivity contribution in [3.05, 3.63) is 22.4 Å². The Balaban J connectivity index is 2.21. The van der Waals surface area contributed by atoms with Gasteiger partial charge in [-0.2, -0.15) is 0 Å². The number of nitrogens with zero attached hydrogens (tertiary/aromatic N) is 2. The number of aromatic nitrogens is 1. The maximum absolute atomic E-state index is 12.1. The van der Waals surface area contributed by atoms with E-state index in [1.54, 1.807) is 11.9 Å². The number of amides is 1. The monoisotopic (exact) mass is 286 g/mol. The van der Waals surface area contributed by atoms with Crippen molar-refractivity contribution < 1.29 is 9.90 Å². The summed E-state index contributed by atoms with van der Waals surface area (Å²) >= 11 is 3.39. The van der Waals surface area contributed by atoms with Gasteiger partial charge in [0.1, 0.15) is 5.69 Å². The van der Waals surface area contributed by atoms with Crippen LogP contribution >= 0.6 is 15.9 Å². The first-order valence-corrected chi connectivity index (χ1v) is 6.16. The fraction of sp³-hybridized carbons (Fsp3) is 0.545. The molecule has 1 fully saturated rings. The number of hydrogen-bond acceptors (Lipinski definition) is 2. The first-order chi connectivity index (χ1) is 7.63. The maximum atomic E-state index is 12.1. The molecule has 2 rings (SSSR count). The molecule has 0 radical (unpaired) electrons. The zero-order valence-corrected chi connectivity index (χ0v) is 10.8. The van der Waals surface area contributed by atoms with E-state index in [0.717, 1.165) is 17.3 Å². The lowest BCUT2D eigenvalue weighted by Crippen LogP contribution is -2.31. The van der Waals surface area contributed by atoms with Crippen LogP contribution in [0, 0.1) is 0 Å². The van der Waals surface area contributed by atoms with Gasteiger partial charge in [0.05, 0.1) is 6.61 Å². The summed E-state index contributed by atoms with van der Waals surface area (Å²) in [6.45, 7) is 0.361. The number of aliphatic hydroxyl groups excluding tert-OH is 1. The van der Waals surface area contributed by atoms with Crippen LogP contribution in [0.5, 0.6) is 0 Å². The second kappa shape index (κ2) is 4.59. The highest BCUT2D eigenvalue weighted by Crippen LogP contribution is 2.37. The number of likely N-dealkylation sites (N-methyl/N-ethyl adjacent to an activating group) is 1. The van der Waals surface area contributed by atoms with E-state index in [-0.39, 0.29) is 12.5 Å². The first kappa shape index (κ1) is 11.7. The molecule has 1 heterocycles. The quantitative estimate of drug-likeness (QED) is 0.915. The van der Waals surface area contributed by atoms with Crippen molar-refractivity contribution in [3.63, 3.8) is 0 Å². The van der Waals surface area contributed by atoms with Crippen molar-refractivity contribution in [1.29, 1.82) is 0 Å². The number of aliphatic hydroxyl groups is 1. The smallest absolute Gasteiger partial charge is 0.270 e. The van der Waals surface area contributed by atoms with E-state index < -0.39 is 0 Å². The fourth-order valence-electron chi connectivity index (χ4n) is 1.72. The molecule has 88 valence electrons. The predicted molar refractivity (Wildman–Crippen MR) is 64.4 cm³/mol. The molecular weight excluding hydrogens is 272 g/mol. The molecule has 1 saturated carbocycles. The summed E-state index contributed by atoms with van der Waals surface area (Å²) in [7, 11) is 1.71. The van der Waals surface area contributed by atoms with Crippen LogP contribution in [0.3, 0.4) is 0 Å². The van der Waals surface area contributed by atoms with Gasteiger partial charge in [-0.3, -0.25) is 4.79 Å². The summed E-state index contributed by atoms with van der Waals surface area (Å²) in [5.74, 6) is -0.0355. The Morgan fingerprint density at radius 2 is 2.38 bits per heavy atom. The predicted octanol–water partition coefficient (Wildman–Crippen LogP) is 1.65. The highest BCUT2D eigenvalue weighted by Gasteiger charge is 2.28. The summed E-state index contributed by atoms with van der Waals surface area (Å²) in [4.78, 5) is 13.6. The van der Waals surface area contributed by atoms with Gasteiger partial charge in [0.15, 0.2) is 0 Å². The van der Waals surface area contributed by atoms with Crippen LogP contribution in [0.25, 0.3) is 0 Å². The lowest BCUT2D eigenvalue weighted by atomic mass is 10.3. The molecular formula is C11H15BrN2O2. The molecule has 1 aliphatic rings. The van der Waals surface area contributed by atoms with Gasteiger partial charge in [-0.15, -0.1) is 0 Å².